The van der Waals surface area contributed by atoms with Crippen LogP contribution in [0.2, 0.25) is 0 Å². The summed E-state index contributed by atoms with van der Waals surface area (Å²) in [6.07, 6.45) is 4.48. The molecule has 2 rings (SSSR count). The van der Waals surface area contributed by atoms with E-state index in [1.54, 1.807) is 24.3 Å². The third-order valence-electron chi connectivity index (χ3n) is 2.40. The van der Waals surface area contributed by atoms with Gasteiger partial charge in [-0.2, -0.15) is 0 Å². The van der Waals surface area contributed by atoms with Crippen molar-refractivity contribution in [1.82, 2.24) is 0 Å². The average molecular weight is 255 g/mol. The van der Waals surface area contributed by atoms with Crippen molar-refractivity contribution < 1.29 is 7.67 Å². The molecule has 0 saturated heterocycles. The Labute approximate surface area is 85.3 Å². The van der Waals surface area contributed by atoms with Crippen molar-refractivity contribution >= 4 is 17.2 Å². The van der Waals surface area contributed by atoms with E-state index in [1.807, 2.05) is 12.1 Å². The summed E-state index contributed by atoms with van der Waals surface area (Å²) < 4.78 is 25.2. The maximum atomic E-state index is 12.0. The Bertz CT molecular complexity index is 443. The molecule has 2 nitrogen and oxygen atoms in total. The summed E-state index contributed by atoms with van der Waals surface area (Å²) in [5.41, 5.74) is 0. The monoisotopic (exact) mass is 256 g/mol. The molecule has 1 aliphatic carbocycles. The third-order valence-corrected chi connectivity index (χ3v) is 6.50. The molecule has 0 saturated carbocycles. The molecule has 74 valence electrons. The summed E-state index contributed by atoms with van der Waals surface area (Å²) in [7, 11) is 0. The van der Waals surface area contributed by atoms with E-state index < -0.39 is 12.7 Å². The molecule has 0 fully saturated rings. The van der Waals surface area contributed by atoms with Gasteiger partial charge < -0.3 is 0 Å². The van der Waals surface area contributed by atoms with Crippen molar-refractivity contribution in [3.05, 3.63) is 40.9 Å². The normalized spacial score (nSPS) is 16.7. The van der Waals surface area contributed by atoms with Crippen LogP contribution >= 0.6 is 0 Å². The van der Waals surface area contributed by atoms with E-state index in [4.69, 9.17) is 0 Å². The molecule has 0 unspecified atom stereocenters. The van der Waals surface area contributed by atoms with Gasteiger partial charge in [0.15, 0.2) is 0 Å². The van der Waals surface area contributed by atoms with Crippen LogP contribution in [0.3, 0.4) is 0 Å². The summed E-state index contributed by atoms with van der Waals surface area (Å²) in [5, 5.41) is 0. The van der Waals surface area contributed by atoms with E-state index in [-0.39, 0.29) is 0 Å². The Hall–Kier alpha value is -0.921. The fraction of sp³-hybridized carbons (Fsp3) is 0.273. The van der Waals surface area contributed by atoms with Crippen molar-refractivity contribution in [2.24, 2.45) is 0 Å². The van der Waals surface area contributed by atoms with Crippen molar-refractivity contribution in [2.75, 3.05) is 0 Å². The van der Waals surface area contributed by atoms with Gasteiger partial charge in [-0.05, 0) is 0 Å². The van der Waals surface area contributed by atoms with E-state index in [2.05, 4.69) is 0 Å². The van der Waals surface area contributed by atoms with Crippen LogP contribution in [0.4, 0.5) is 0 Å². The zero-order chi connectivity index (χ0) is 10.0. The topological polar surface area (TPSA) is 34.1 Å². The standard InChI is InChI=1S/C11H12O2Se/c12-14(13,11-8-4-5-9-11)10-6-2-1-3-7-10/h1-3,6-8H,4-5,9H2. The van der Waals surface area contributed by atoms with E-state index in [9.17, 15) is 7.67 Å². The van der Waals surface area contributed by atoms with E-state index >= 15 is 0 Å². The molecule has 0 bridgehead atoms. The quantitative estimate of drug-likeness (QED) is 0.756. The minimum atomic E-state index is -3.98. The van der Waals surface area contributed by atoms with Crippen LogP contribution in [-0.2, 0) is 7.67 Å². The molecule has 0 heterocycles. The van der Waals surface area contributed by atoms with E-state index in [1.165, 1.54) is 0 Å². The fourth-order valence-electron chi connectivity index (χ4n) is 1.64. The van der Waals surface area contributed by atoms with E-state index in [0.29, 0.717) is 8.93 Å². The molecule has 0 atom stereocenters. The molecule has 3 heteroatoms. The van der Waals surface area contributed by atoms with Crippen molar-refractivity contribution in [1.29, 1.82) is 0 Å². The second kappa shape index (κ2) is 3.68. The van der Waals surface area contributed by atoms with E-state index in [0.717, 1.165) is 19.3 Å². The van der Waals surface area contributed by atoms with Gasteiger partial charge in [-0.25, -0.2) is 0 Å². The third kappa shape index (κ3) is 1.65. The molecule has 1 aliphatic rings. The molecule has 0 aromatic heterocycles. The van der Waals surface area contributed by atoms with Crippen LogP contribution in [0.25, 0.3) is 0 Å². The maximum absolute atomic E-state index is 12.0. The predicted molar refractivity (Wildman–Crippen MR) is 55.1 cm³/mol. The SMILES string of the molecule is O=[Se](=O)(C1=CCCC1)c1ccccc1. The first-order chi connectivity index (χ1) is 6.71. The van der Waals surface area contributed by atoms with Gasteiger partial charge in [-0.15, -0.1) is 0 Å². The summed E-state index contributed by atoms with van der Waals surface area (Å²) in [6, 6.07) is 8.73. The molecule has 0 radical (unpaired) electrons. The Morgan fingerprint density at radius 1 is 1.07 bits per heavy atom. The molecular formula is C11H12O2Se. The first kappa shape index (κ1) is 9.63. The van der Waals surface area contributed by atoms with Crippen LogP contribution in [0.1, 0.15) is 19.3 Å². The average Bonchev–Trinajstić information content (AvgIpc) is 2.72. The van der Waals surface area contributed by atoms with Crippen molar-refractivity contribution in [2.45, 2.75) is 19.3 Å². The van der Waals surface area contributed by atoms with Crippen LogP contribution in [0.15, 0.2) is 40.9 Å². The molecule has 14 heavy (non-hydrogen) atoms. The second-order valence-electron chi connectivity index (χ2n) is 3.38. The Balaban J connectivity index is 2.43. The predicted octanol–water partition coefficient (Wildman–Crippen LogP) is 1.85. The number of allylic oxidation sites excluding steroid dienone is 2. The second-order valence-corrected chi connectivity index (χ2v) is 7.58. The first-order valence-corrected chi connectivity index (χ1v) is 7.81. The van der Waals surface area contributed by atoms with Crippen LogP contribution in [0, 0.1) is 0 Å². The summed E-state index contributed by atoms with van der Waals surface area (Å²) >= 11 is -3.98. The molecule has 0 aliphatic heterocycles. The van der Waals surface area contributed by atoms with Gasteiger partial charge >= 0.3 is 85.0 Å². The minimum absolute atomic E-state index is 0.483. The Kier molecular flexibility index (Phi) is 2.53. The number of rotatable bonds is 2. The zero-order valence-electron chi connectivity index (χ0n) is 7.81. The Morgan fingerprint density at radius 3 is 2.36 bits per heavy atom. The Morgan fingerprint density at radius 2 is 1.79 bits per heavy atom. The summed E-state index contributed by atoms with van der Waals surface area (Å²) in [4.78, 5) is 0. The molecule has 1 aromatic rings. The first-order valence-electron chi connectivity index (χ1n) is 4.70. The molecular weight excluding hydrogens is 243 g/mol. The molecule has 0 spiro atoms. The van der Waals surface area contributed by atoms with Gasteiger partial charge in [0.25, 0.3) is 0 Å². The van der Waals surface area contributed by atoms with Gasteiger partial charge in [0.2, 0.25) is 0 Å². The zero-order valence-corrected chi connectivity index (χ0v) is 9.52. The summed E-state index contributed by atoms with van der Waals surface area (Å²) in [6.45, 7) is 0. The van der Waals surface area contributed by atoms with Crippen LogP contribution < -0.4 is 4.46 Å². The molecule has 0 N–H and O–H groups in total. The summed E-state index contributed by atoms with van der Waals surface area (Å²) in [5.74, 6) is 0. The van der Waals surface area contributed by atoms with Crippen molar-refractivity contribution in [3.63, 3.8) is 0 Å². The number of hydrogen-bond donors (Lipinski definition) is 0. The van der Waals surface area contributed by atoms with Gasteiger partial charge in [-0.3, -0.25) is 0 Å². The van der Waals surface area contributed by atoms with Crippen molar-refractivity contribution in [3.8, 4) is 0 Å². The number of benzene rings is 1. The van der Waals surface area contributed by atoms with Gasteiger partial charge in [0.05, 0.1) is 0 Å². The van der Waals surface area contributed by atoms with Gasteiger partial charge in [0.1, 0.15) is 0 Å². The molecule has 0 amide bonds. The van der Waals surface area contributed by atoms with Crippen LogP contribution in [0.5, 0.6) is 0 Å². The number of hydrogen-bond acceptors (Lipinski definition) is 2. The van der Waals surface area contributed by atoms with Gasteiger partial charge in [0, 0.05) is 0 Å². The fourth-order valence-corrected chi connectivity index (χ4v) is 4.93. The van der Waals surface area contributed by atoms with Crippen LogP contribution in [-0.4, -0.2) is 12.7 Å². The van der Waals surface area contributed by atoms with Gasteiger partial charge in [-0.1, -0.05) is 0 Å². The molecule has 1 aromatic carbocycles.